The Labute approximate surface area is 169 Å². The fourth-order valence-corrected chi connectivity index (χ4v) is 2.76. The first-order chi connectivity index (χ1) is 13.9. The number of benzene rings is 1. The number of primary amides is 1. The Morgan fingerprint density at radius 2 is 1.62 bits per heavy atom. The second-order valence-electron chi connectivity index (χ2n) is 6.70. The van der Waals surface area contributed by atoms with Gasteiger partial charge >= 0.3 is 0 Å². The molecule has 5 N–H and O–H groups in total. The van der Waals surface area contributed by atoms with Crippen molar-refractivity contribution < 1.29 is 19.5 Å². The first kappa shape index (κ1) is 21.9. The Morgan fingerprint density at radius 3 is 2.28 bits per heavy atom. The lowest BCUT2D eigenvalue weighted by Crippen LogP contribution is -2.47. The molecule has 1 atom stereocenters. The van der Waals surface area contributed by atoms with Crippen molar-refractivity contribution in [2.75, 3.05) is 6.54 Å². The zero-order chi connectivity index (χ0) is 21.1. The quantitative estimate of drug-likeness (QED) is 0.445. The summed E-state index contributed by atoms with van der Waals surface area (Å²) >= 11 is 0. The van der Waals surface area contributed by atoms with Crippen LogP contribution in [0.15, 0.2) is 48.8 Å². The summed E-state index contributed by atoms with van der Waals surface area (Å²) in [7, 11) is 0. The van der Waals surface area contributed by atoms with Crippen molar-refractivity contribution in [3.63, 3.8) is 0 Å². The van der Waals surface area contributed by atoms with Gasteiger partial charge in [-0.1, -0.05) is 12.1 Å². The molecule has 0 aliphatic rings. The minimum Gasteiger partial charge on any atom is -0.508 e. The van der Waals surface area contributed by atoms with E-state index >= 15 is 0 Å². The first-order valence-electron chi connectivity index (χ1n) is 9.46. The highest BCUT2D eigenvalue weighted by Crippen LogP contribution is 2.09. The van der Waals surface area contributed by atoms with Crippen molar-refractivity contribution in [1.29, 1.82) is 0 Å². The SMILES string of the molecule is NC(=O)[C@@H](CC(=O)NCCc1ccc(O)cc1)NC(=O)CCCc1ccncc1. The second kappa shape index (κ2) is 11.4. The van der Waals surface area contributed by atoms with E-state index in [4.69, 9.17) is 5.73 Å². The molecule has 0 spiro atoms. The fourth-order valence-electron chi connectivity index (χ4n) is 2.76. The normalized spacial score (nSPS) is 11.4. The lowest BCUT2D eigenvalue weighted by atomic mass is 10.1. The maximum absolute atomic E-state index is 12.1. The van der Waals surface area contributed by atoms with E-state index in [1.165, 1.54) is 0 Å². The summed E-state index contributed by atoms with van der Waals surface area (Å²) in [5.41, 5.74) is 7.35. The van der Waals surface area contributed by atoms with E-state index in [1.54, 1.807) is 36.7 Å². The van der Waals surface area contributed by atoms with Crippen LogP contribution >= 0.6 is 0 Å². The van der Waals surface area contributed by atoms with Crippen LogP contribution in [0.5, 0.6) is 5.75 Å². The Balaban J connectivity index is 1.70. The number of amides is 3. The molecule has 154 valence electrons. The Kier molecular flexibility index (Phi) is 8.62. The van der Waals surface area contributed by atoms with Crippen LogP contribution in [0, 0.1) is 0 Å². The minimum atomic E-state index is -1.04. The van der Waals surface area contributed by atoms with Gasteiger partial charge in [0.2, 0.25) is 17.7 Å². The zero-order valence-electron chi connectivity index (χ0n) is 16.1. The number of hydrogen-bond acceptors (Lipinski definition) is 5. The average Bonchev–Trinajstić information content (AvgIpc) is 2.70. The fraction of sp³-hybridized carbons (Fsp3) is 0.333. The van der Waals surface area contributed by atoms with Crippen molar-refractivity contribution in [2.45, 2.75) is 38.1 Å². The summed E-state index contributed by atoms with van der Waals surface area (Å²) in [4.78, 5) is 39.7. The van der Waals surface area contributed by atoms with Gasteiger partial charge in [-0.05, 0) is 54.7 Å². The number of phenolic OH excluding ortho intramolecular Hbond substituents is 1. The molecule has 2 rings (SSSR count). The van der Waals surface area contributed by atoms with E-state index in [0.717, 1.165) is 17.5 Å². The maximum Gasteiger partial charge on any atom is 0.240 e. The van der Waals surface area contributed by atoms with Gasteiger partial charge in [-0.15, -0.1) is 0 Å². The van der Waals surface area contributed by atoms with E-state index in [2.05, 4.69) is 15.6 Å². The molecule has 8 nitrogen and oxygen atoms in total. The molecule has 0 fully saturated rings. The predicted octanol–water partition coefficient (Wildman–Crippen LogP) is 0.829. The standard InChI is InChI=1S/C21H26N4O4/c22-21(29)18(25-19(27)3-1-2-15-8-11-23-12-9-15)14-20(28)24-13-10-16-4-6-17(26)7-5-16/h4-9,11-12,18,26H,1-3,10,13-14H2,(H2,22,29)(H,24,28)(H,25,27)/t18-/m1/s1. The highest BCUT2D eigenvalue weighted by molar-refractivity contribution is 5.91. The molecule has 0 aliphatic carbocycles. The van der Waals surface area contributed by atoms with Crippen LogP contribution in [0.25, 0.3) is 0 Å². The lowest BCUT2D eigenvalue weighted by molar-refractivity contribution is -0.130. The monoisotopic (exact) mass is 398 g/mol. The van der Waals surface area contributed by atoms with Gasteiger partial charge in [0.1, 0.15) is 11.8 Å². The van der Waals surface area contributed by atoms with E-state index in [-0.39, 0.29) is 30.4 Å². The molecule has 29 heavy (non-hydrogen) atoms. The van der Waals surface area contributed by atoms with Crippen LogP contribution in [-0.2, 0) is 27.2 Å². The number of aromatic hydroxyl groups is 1. The molecule has 0 saturated carbocycles. The smallest absolute Gasteiger partial charge is 0.240 e. The average molecular weight is 398 g/mol. The van der Waals surface area contributed by atoms with Crippen molar-refractivity contribution >= 4 is 17.7 Å². The van der Waals surface area contributed by atoms with Gasteiger partial charge in [-0.25, -0.2) is 0 Å². The number of nitrogens with one attached hydrogen (secondary N) is 2. The van der Waals surface area contributed by atoms with Crippen LogP contribution in [0.1, 0.15) is 30.4 Å². The molecule has 1 aromatic carbocycles. The number of nitrogens with two attached hydrogens (primary N) is 1. The Bertz CT molecular complexity index is 809. The predicted molar refractivity (Wildman–Crippen MR) is 108 cm³/mol. The van der Waals surface area contributed by atoms with Gasteiger partial charge in [-0.3, -0.25) is 19.4 Å². The van der Waals surface area contributed by atoms with Gasteiger partial charge in [0.25, 0.3) is 0 Å². The molecule has 0 unspecified atom stereocenters. The second-order valence-corrected chi connectivity index (χ2v) is 6.70. The van der Waals surface area contributed by atoms with Crippen molar-refractivity contribution in [3.05, 3.63) is 59.9 Å². The van der Waals surface area contributed by atoms with E-state index in [0.29, 0.717) is 19.4 Å². The number of phenols is 1. The van der Waals surface area contributed by atoms with Crippen molar-refractivity contribution in [1.82, 2.24) is 15.6 Å². The molecular formula is C21H26N4O4. The molecule has 3 amide bonds. The van der Waals surface area contributed by atoms with Gasteiger partial charge in [0.15, 0.2) is 0 Å². The van der Waals surface area contributed by atoms with Crippen LogP contribution in [0.3, 0.4) is 0 Å². The highest BCUT2D eigenvalue weighted by Gasteiger charge is 2.21. The Morgan fingerprint density at radius 1 is 0.966 bits per heavy atom. The van der Waals surface area contributed by atoms with E-state index < -0.39 is 11.9 Å². The summed E-state index contributed by atoms with van der Waals surface area (Å²) in [6.45, 7) is 0.370. The molecule has 0 bridgehead atoms. The third kappa shape index (κ3) is 8.42. The van der Waals surface area contributed by atoms with Gasteiger partial charge in [-0.2, -0.15) is 0 Å². The molecule has 1 aromatic heterocycles. The number of carbonyl (C=O) groups is 3. The van der Waals surface area contributed by atoms with Gasteiger partial charge < -0.3 is 21.5 Å². The van der Waals surface area contributed by atoms with Crippen LogP contribution in [-0.4, -0.2) is 40.4 Å². The number of carbonyl (C=O) groups excluding carboxylic acids is 3. The molecule has 0 aliphatic heterocycles. The topological polar surface area (TPSA) is 134 Å². The maximum atomic E-state index is 12.1. The molecule has 0 radical (unpaired) electrons. The summed E-state index contributed by atoms with van der Waals surface area (Å²) < 4.78 is 0. The third-order valence-corrected chi connectivity index (χ3v) is 4.36. The highest BCUT2D eigenvalue weighted by atomic mass is 16.3. The summed E-state index contributed by atoms with van der Waals surface area (Å²) in [6.07, 6.45) is 5.32. The molecule has 0 saturated heterocycles. The molecule has 1 heterocycles. The van der Waals surface area contributed by atoms with Crippen LogP contribution < -0.4 is 16.4 Å². The van der Waals surface area contributed by atoms with Gasteiger partial charge in [0, 0.05) is 25.4 Å². The molecule has 2 aromatic rings. The molecular weight excluding hydrogens is 372 g/mol. The van der Waals surface area contributed by atoms with Crippen molar-refractivity contribution in [2.24, 2.45) is 5.73 Å². The van der Waals surface area contributed by atoms with Gasteiger partial charge in [0.05, 0.1) is 6.42 Å². The third-order valence-electron chi connectivity index (χ3n) is 4.36. The summed E-state index contributed by atoms with van der Waals surface area (Å²) in [5.74, 6) is -1.26. The number of hydrogen-bond donors (Lipinski definition) is 4. The Hall–Kier alpha value is -3.42. The summed E-state index contributed by atoms with van der Waals surface area (Å²) in [5, 5.41) is 14.5. The lowest BCUT2D eigenvalue weighted by Gasteiger charge is -2.15. The zero-order valence-corrected chi connectivity index (χ0v) is 16.1. The number of aromatic nitrogens is 1. The minimum absolute atomic E-state index is 0.179. The van der Waals surface area contributed by atoms with E-state index in [1.807, 2.05) is 12.1 Å². The first-order valence-corrected chi connectivity index (χ1v) is 9.46. The van der Waals surface area contributed by atoms with Crippen LogP contribution in [0.4, 0.5) is 0 Å². The number of aryl methyl sites for hydroxylation is 1. The van der Waals surface area contributed by atoms with E-state index in [9.17, 15) is 19.5 Å². The summed E-state index contributed by atoms with van der Waals surface area (Å²) in [6, 6.07) is 9.39. The van der Waals surface area contributed by atoms with Crippen molar-refractivity contribution in [3.8, 4) is 5.75 Å². The number of rotatable bonds is 11. The largest absolute Gasteiger partial charge is 0.508 e. The number of pyridine rings is 1. The molecule has 8 heteroatoms. The number of nitrogens with zero attached hydrogens (tertiary/aromatic N) is 1. The van der Waals surface area contributed by atoms with Crippen LogP contribution in [0.2, 0.25) is 0 Å².